The standard InChI is InChI=1S/C23H29N5O3/c1-15-20-18(25-26-22(29)16-7-11-24-12-8-16)5-4-6-19(20)31-21(15)23(30)28(3)17-9-13-27(2)14-10-17/h7-8,11-12,17H,4-6,9-10,13-14H2,1-3H3,(H,26,29)/b25-18+. The van der Waals surface area contributed by atoms with E-state index in [1.807, 2.05) is 18.9 Å². The van der Waals surface area contributed by atoms with E-state index < -0.39 is 0 Å². The van der Waals surface area contributed by atoms with E-state index >= 15 is 0 Å². The molecule has 31 heavy (non-hydrogen) atoms. The second-order valence-electron chi connectivity index (χ2n) is 8.39. The van der Waals surface area contributed by atoms with E-state index in [-0.39, 0.29) is 17.9 Å². The number of aromatic nitrogens is 1. The van der Waals surface area contributed by atoms with Crippen molar-refractivity contribution in [3.05, 3.63) is 52.7 Å². The SMILES string of the molecule is Cc1c(C(=O)N(C)C2CCN(C)CC2)oc2c1/C(=N/NC(=O)c1ccncc1)CCC2. The van der Waals surface area contributed by atoms with Gasteiger partial charge in [0.2, 0.25) is 0 Å². The molecule has 0 saturated carbocycles. The second kappa shape index (κ2) is 9.01. The molecule has 8 nitrogen and oxygen atoms in total. The first kappa shape index (κ1) is 21.2. The molecule has 2 amide bonds. The summed E-state index contributed by atoms with van der Waals surface area (Å²) in [6, 6.07) is 3.50. The molecule has 1 N–H and O–H groups in total. The van der Waals surface area contributed by atoms with Gasteiger partial charge in [-0.1, -0.05) is 0 Å². The van der Waals surface area contributed by atoms with E-state index in [1.165, 1.54) is 0 Å². The van der Waals surface area contributed by atoms with E-state index in [2.05, 4.69) is 27.5 Å². The van der Waals surface area contributed by atoms with Crippen molar-refractivity contribution in [1.29, 1.82) is 0 Å². The highest BCUT2D eigenvalue weighted by molar-refractivity contribution is 6.07. The van der Waals surface area contributed by atoms with E-state index in [9.17, 15) is 9.59 Å². The molecule has 4 rings (SSSR count). The molecule has 2 aliphatic rings. The molecule has 164 valence electrons. The van der Waals surface area contributed by atoms with Crippen molar-refractivity contribution in [1.82, 2.24) is 20.2 Å². The quantitative estimate of drug-likeness (QED) is 0.764. The molecule has 2 aromatic heterocycles. The molecule has 1 saturated heterocycles. The Balaban J connectivity index is 1.54. The van der Waals surface area contributed by atoms with Crippen LogP contribution in [0.25, 0.3) is 0 Å². The van der Waals surface area contributed by atoms with Gasteiger partial charge < -0.3 is 14.2 Å². The number of hydrazone groups is 1. The molecule has 0 bridgehead atoms. The van der Waals surface area contributed by atoms with Gasteiger partial charge in [-0.25, -0.2) is 5.43 Å². The molecule has 2 aromatic rings. The van der Waals surface area contributed by atoms with Crippen molar-refractivity contribution in [3.8, 4) is 0 Å². The first-order valence-electron chi connectivity index (χ1n) is 10.8. The van der Waals surface area contributed by atoms with Gasteiger partial charge in [-0.05, 0) is 64.9 Å². The van der Waals surface area contributed by atoms with Gasteiger partial charge in [-0.15, -0.1) is 0 Å². The van der Waals surface area contributed by atoms with Gasteiger partial charge in [0.25, 0.3) is 11.8 Å². The minimum absolute atomic E-state index is 0.0818. The van der Waals surface area contributed by atoms with Crippen LogP contribution in [0.2, 0.25) is 0 Å². The number of nitrogens with one attached hydrogen (secondary N) is 1. The molecule has 0 aromatic carbocycles. The smallest absolute Gasteiger partial charge is 0.289 e. The molecule has 1 aliphatic carbocycles. The van der Waals surface area contributed by atoms with E-state index in [0.717, 1.165) is 67.8 Å². The first-order chi connectivity index (χ1) is 15.0. The summed E-state index contributed by atoms with van der Waals surface area (Å²) in [7, 11) is 3.97. The molecule has 8 heteroatoms. The Kier molecular flexibility index (Phi) is 6.18. The molecular weight excluding hydrogens is 394 g/mol. The molecule has 0 atom stereocenters. The topological polar surface area (TPSA) is 91.0 Å². The largest absolute Gasteiger partial charge is 0.455 e. The highest BCUT2D eigenvalue weighted by atomic mass is 16.4. The number of carbonyl (C=O) groups excluding carboxylic acids is 2. The van der Waals surface area contributed by atoms with Crippen LogP contribution in [0.1, 0.15) is 63.5 Å². The summed E-state index contributed by atoms with van der Waals surface area (Å²) in [5.41, 5.74) is 5.55. The first-order valence-corrected chi connectivity index (χ1v) is 10.8. The van der Waals surface area contributed by atoms with Crippen molar-refractivity contribution < 1.29 is 14.0 Å². The molecule has 0 radical (unpaired) electrons. The normalized spacial score (nSPS) is 18.6. The van der Waals surface area contributed by atoms with Crippen LogP contribution in [0.3, 0.4) is 0 Å². The number of hydrogen-bond donors (Lipinski definition) is 1. The molecular formula is C23H29N5O3. The maximum atomic E-state index is 13.2. The molecule has 0 unspecified atom stereocenters. The third-order valence-corrected chi connectivity index (χ3v) is 6.31. The predicted octanol–water partition coefficient (Wildman–Crippen LogP) is 2.62. The number of piperidine rings is 1. The number of nitrogens with zero attached hydrogens (tertiary/aromatic N) is 4. The average Bonchev–Trinajstić information content (AvgIpc) is 3.14. The number of aryl methyl sites for hydroxylation is 1. The summed E-state index contributed by atoms with van der Waals surface area (Å²) in [5, 5.41) is 4.38. The Bertz CT molecular complexity index is 990. The van der Waals surface area contributed by atoms with Crippen molar-refractivity contribution in [2.24, 2.45) is 5.10 Å². The lowest BCUT2D eigenvalue weighted by Gasteiger charge is -2.34. The number of carbonyl (C=O) groups is 2. The lowest BCUT2D eigenvalue weighted by molar-refractivity contribution is 0.0625. The number of fused-ring (bicyclic) bond motifs is 1. The van der Waals surface area contributed by atoms with Gasteiger partial charge in [-0.2, -0.15) is 5.10 Å². The number of pyridine rings is 1. The zero-order valence-corrected chi connectivity index (χ0v) is 18.4. The number of hydrogen-bond acceptors (Lipinski definition) is 6. The van der Waals surface area contributed by atoms with Crippen LogP contribution in [0.4, 0.5) is 0 Å². The molecule has 1 aliphatic heterocycles. The van der Waals surface area contributed by atoms with E-state index in [1.54, 1.807) is 24.5 Å². The fourth-order valence-corrected chi connectivity index (χ4v) is 4.38. The van der Waals surface area contributed by atoms with Gasteiger partial charge in [0, 0.05) is 48.6 Å². The number of likely N-dealkylation sites (tertiary alicyclic amines) is 1. The van der Waals surface area contributed by atoms with Crippen molar-refractivity contribution in [2.75, 3.05) is 27.2 Å². The fraction of sp³-hybridized carbons (Fsp3) is 0.478. The van der Waals surface area contributed by atoms with Crippen LogP contribution in [0.15, 0.2) is 34.0 Å². The van der Waals surface area contributed by atoms with Crippen LogP contribution < -0.4 is 5.43 Å². The van der Waals surface area contributed by atoms with Gasteiger partial charge >= 0.3 is 0 Å². The third-order valence-electron chi connectivity index (χ3n) is 6.31. The Labute approximate surface area is 182 Å². The molecule has 1 fully saturated rings. The van der Waals surface area contributed by atoms with E-state index in [4.69, 9.17) is 4.42 Å². The van der Waals surface area contributed by atoms with E-state index in [0.29, 0.717) is 11.3 Å². The van der Waals surface area contributed by atoms with Crippen molar-refractivity contribution in [2.45, 2.75) is 45.1 Å². The zero-order chi connectivity index (χ0) is 22.0. The fourth-order valence-electron chi connectivity index (χ4n) is 4.38. The lowest BCUT2D eigenvalue weighted by Crippen LogP contribution is -2.44. The summed E-state index contributed by atoms with van der Waals surface area (Å²) < 4.78 is 6.05. The number of rotatable bonds is 4. The van der Waals surface area contributed by atoms with Crippen LogP contribution >= 0.6 is 0 Å². The molecule has 3 heterocycles. The average molecular weight is 424 g/mol. The zero-order valence-electron chi connectivity index (χ0n) is 18.4. The van der Waals surface area contributed by atoms with Gasteiger partial charge in [0.05, 0.1) is 5.71 Å². The van der Waals surface area contributed by atoms with Gasteiger partial charge in [0.15, 0.2) is 5.76 Å². The predicted molar refractivity (Wildman–Crippen MR) is 117 cm³/mol. The Morgan fingerprint density at radius 3 is 2.65 bits per heavy atom. The summed E-state index contributed by atoms with van der Waals surface area (Å²) in [6.45, 7) is 3.89. The monoisotopic (exact) mass is 423 g/mol. The Morgan fingerprint density at radius 1 is 1.23 bits per heavy atom. The highest BCUT2D eigenvalue weighted by Gasteiger charge is 2.32. The van der Waals surface area contributed by atoms with Crippen LogP contribution in [-0.2, 0) is 6.42 Å². The second-order valence-corrected chi connectivity index (χ2v) is 8.39. The van der Waals surface area contributed by atoms with Crippen LogP contribution in [0.5, 0.6) is 0 Å². The maximum Gasteiger partial charge on any atom is 0.289 e. The lowest BCUT2D eigenvalue weighted by atomic mass is 9.93. The van der Waals surface area contributed by atoms with Gasteiger partial charge in [-0.3, -0.25) is 14.6 Å². The number of furan rings is 1. The molecule has 0 spiro atoms. The Hall–Kier alpha value is -3.00. The van der Waals surface area contributed by atoms with Gasteiger partial charge in [0.1, 0.15) is 5.76 Å². The summed E-state index contributed by atoms with van der Waals surface area (Å²) in [4.78, 5) is 33.6. The Morgan fingerprint density at radius 2 is 1.94 bits per heavy atom. The minimum atomic E-state index is -0.290. The van der Waals surface area contributed by atoms with Crippen LogP contribution in [0, 0.1) is 6.92 Å². The van der Waals surface area contributed by atoms with Crippen molar-refractivity contribution in [3.63, 3.8) is 0 Å². The number of amides is 2. The minimum Gasteiger partial charge on any atom is -0.455 e. The highest BCUT2D eigenvalue weighted by Crippen LogP contribution is 2.31. The third kappa shape index (κ3) is 4.39. The summed E-state index contributed by atoms with van der Waals surface area (Å²) in [6.07, 6.45) is 7.42. The van der Waals surface area contributed by atoms with Crippen molar-refractivity contribution >= 4 is 17.5 Å². The van der Waals surface area contributed by atoms with Crippen LogP contribution in [-0.4, -0.2) is 65.5 Å². The summed E-state index contributed by atoms with van der Waals surface area (Å²) >= 11 is 0. The maximum absolute atomic E-state index is 13.2. The summed E-state index contributed by atoms with van der Waals surface area (Å²) in [5.74, 6) is 0.797.